The summed E-state index contributed by atoms with van der Waals surface area (Å²) in [5.41, 5.74) is 0.230. The van der Waals surface area contributed by atoms with Crippen molar-refractivity contribution in [3.05, 3.63) is 89.0 Å². The molecule has 7 rings (SSSR count). The zero-order chi connectivity index (χ0) is 40.0. The van der Waals surface area contributed by atoms with Crippen LogP contribution in [0, 0.1) is 0 Å². The van der Waals surface area contributed by atoms with Crippen molar-refractivity contribution in [1.29, 1.82) is 0 Å². The van der Waals surface area contributed by atoms with Crippen LogP contribution in [0.15, 0.2) is 71.6 Å². The number of hydrogen-bond acceptors (Lipinski definition) is 8. The van der Waals surface area contributed by atoms with Crippen molar-refractivity contribution in [3.63, 3.8) is 0 Å². The molecular weight excluding hydrogens is 766 g/mol. The smallest absolute Gasteiger partial charge is 0.416 e. The lowest BCUT2D eigenvalue weighted by Gasteiger charge is -2.41. The lowest BCUT2D eigenvalue weighted by Crippen LogP contribution is -2.47. The minimum atomic E-state index is -4.72. The normalized spacial score (nSPS) is 21.4. The van der Waals surface area contributed by atoms with Crippen LogP contribution in [0.5, 0.6) is 5.75 Å². The van der Waals surface area contributed by atoms with Gasteiger partial charge in [-0.05, 0) is 68.1 Å². The molecule has 3 aromatic carbocycles. The third kappa shape index (κ3) is 8.54. The highest BCUT2D eigenvalue weighted by Gasteiger charge is 2.50. The van der Waals surface area contributed by atoms with E-state index in [1.165, 1.54) is 62.6 Å². The van der Waals surface area contributed by atoms with Crippen LogP contribution < -0.4 is 10.1 Å². The molecule has 4 aromatic rings. The van der Waals surface area contributed by atoms with Gasteiger partial charge >= 0.3 is 12.4 Å². The van der Waals surface area contributed by atoms with Crippen molar-refractivity contribution in [2.75, 3.05) is 39.0 Å². The van der Waals surface area contributed by atoms with E-state index in [2.05, 4.69) is 15.1 Å². The van der Waals surface area contributed by atoms with E-state index in [0.717, 1.165) is 25.0 Å². The maximum absolute atomic E-state index is 14.5. The molecule has 3 atom stereocenters. The molecule has 3 saturated heterocycles. The molecule has 56 heavy (non-hydrogen) atoms. The standard InChI is InChI=1S/C40H43F7N4O4S/c1-3-56(52,53)33-21-29-31(22-32(33)54-2)48-35(25-10-7-11-26(20-25)39(42,43)44)30(23-50-16-14-28(15-17-50)51-18-12-27(41)13-19-51)34(29)36-38(55-36)49-37(40(45,46)47)24-8-5-4-6-9-24/h4-11,20-22,27-28,36-38,49H,3,12-19,23H2,1-2H3/t36?,37-,38?/m1/s1. The van der Waals surface area contributed by atoms with Crippen LogP contribution in [0.3, 0.4) is 0 Å². The molecule has 0 spiro atoms. The fourth-order valence-corrected chi connectivity index (χ4v) is 9.06. The topological polar surface area (TPSA) is 87.3 Å². The van der Waals surface area contributed by atoms with Crippen molar-refractivity contribution in [1.82, 2.24) is 20.1 Å². The fourth-order valence-electron chi connectivity index (χ4n) is 8.01. The van der Waals surface area contributed by atoms with Crippen molar-refractivity contribution in [3.8, 4) is 17.0 Å². The molecule has 0 saturated carbocycles. The molecular formula is C40H43F7N4O4S. The Morgan fingerprint density at radius 2 is 1.62 bits per heavy atom. The molecule has 2 unspecified atom stereocenters. The summed E-state index contributed by atoms with van der Waals surface area (Å²) >= 11 is 0. The minimum Gasteiger partial charge on any atom is -0.495 e. The zero-order valence-electron chi connectivity index (χ0n) is 30.8. The summed E-state index contributed by atoms with van der Waals surface area (Å²) < 4.78 is 138. The van der Waals surface area contributed by atoms with Crippen LogP contribution in [-0.2, 0) is 27.3 Å². The molecule has 1 aromatic heterocycles. The molecule has 1 N–H and O–H groups in total. The van der Waals surface area contributed by atoms with E-state index in [4.69, 9.17) is 14.5 Å². The van der Waals surface area contributed by atoms with Gasteiger partial charge in [0.25, 0.3) is 0 Å². The van der Waals surface area contributed by atoms with Crippen LogP contribution in [0.25, 0.3) is 22.2 Å². The third-order valence-electron chi connectivity index (χ3n) is 11.1. The molecule has 302 valence electrons. The largest absolute Gasteiger partial charge is 0.495 e. The average molecular weight is 809 g/mol. The Balaban J connectivity index is 1.37. The Labute approximate surface area is 320 Å². The summed E-state index contributed by atoms with van der Waals surface area (Å²) in [6, 6.07) is 12.8. The number of rotatable bonds is 11. The number of aromatic nitrogens is 1. The van der Waals surface area contributed by atoms with Gasteiger partial charge in [0.1, 0.15) is 35.2 Å². The summed E-state index contributed by atoms with van der Waals surface area (Å²) in [7, 11) is -2.62. The summed E-state index contributed by atoms with van der Waals surface area (Å²) in [4.78, 5) is 9.12. The van der Waals surface area contributed by atoms with E-state index in [0.29, 0.717) is 50.1 Å². The number of benzene rings is 3. The number of piperidine rings is 2. The Kier molecular flexibility index (Phi) is 11.4. The van der Waals surface area contributed by atoms with E-state index < -0.39 is 52.3 Å². The third-order valence-corrected chi connectivity index (χ3v) is 12.8. The van der Waals surface area contributed by atoms with Crippen molar-refractivity contribution in [2.24, 2.45) is 0 Å². The molecule has 3 fully saturated rings. The Morgan fingerprint density at radius 1 is 0.929 bits per heavy atom. The highest BCUT2D eigenvalue weighted by molar-refractivity contribution is 7.91. The van der Waals surface area contributed by atoms with Gasteiger partial charge in [0.05, 0.1) is 29.6 Å². The van der Waals surface area contributed by atoms with Crippen LogP contribution in [-0.4, -0.2) is 86.9 Å². The molecule has 0 amide bonds. The van der Waals surface area contributed by atoms with Crippen molar-refractivity contribution in [2.45, 2.75) is 87.0 Å². The van der Waals surface area contributed by atoms with Gasteiger partial charge in [0, 0.05) is 48.3 Å². The van der Waals surface area contributed by atoms with Gasteiger partial charge in [-0.3, -0.25) is 10.2 Å². The van der Waals surface area contributed by atoms with Crippen LogP contribution in [0.4, 0.5) is 30.7 Å². The van der Waals surface area contributed by atoms with Gasteiger partial charge < -0.3 is 14.4 Å². The summed E-state index contributed by atoms with van der Waals surface area (Å²) in [5, 5.41) is 2.87. The molecule has 0 aliphatic carbocycles. The second-order valence-electron chi connectivity index (χ2n) is 14.6. The number of pyridine rings is 1. The van der Waals surface area contributed by atoms with E-state index in [9.17, 15) is 39.2 Å². The van der Waals surface area contributed by atoms with Crippen LogP contribution in [0.1, 0.15) is 67.0 Å². The van der Waals surface area contributed by atoms with Gasteiger partial charge in [0.2, 0.25) is 0 Å². The fraction of sp³-hybridized carbons (Fsp3) is 0.475. The second-order valence-corrected chi connectivity index (χ2v) is 16.8. The number of fused-ring (bicyclic) bond motifs is 1. The maximum atomic E-state index is 14.5. The number of ether oxygens (including phenoxy) is 2. The van der Waals surface area contributed by atoms with Gasteiger partial charge in [0.15, 0.2) is 9.84 Å². The highest BCUT2D eigenvalue weighted by atomic mass is 32.2. The van der Waals surface area contributed by atoms with Gasteiger partial charge in [-0.1, -0.05) is 49.4 Å². The van der Waals surface area contributed by atoms with E-state index in [1.54, 1.807) is 6.07 Å². The molecule has 4 heterocycles. The Bertz CT molecular complexity index is 2140. The van der Waals surface area contributed by atoms with Gasteiger partial charge in [-0.15, -0.1) is 0 Å². The Hall–Kier alpha value is -3.83. The number of methoxy groups -OCH3 is 1. The SMILES string of the molecule is CCS(=O)(=O)c1cc2c(C3OC3N[C@H](c3ccccc3)C(F)(F)F)c(CN3CCC(N4CCC(F)CC4)CC3)c(-c3cccc(C(F)(F)F)c3)nc2cc1OC. The number of epoxide rings is 1. The van der Waals surface area contributed by atoms with Crippen LogP contribution >= 0.6 is 0 Å². The number of alkyl halides is 7. The molecule has 3 aliphatic rings. The first-order valence-corrected chi connectivity index (χ1v) is 20.3. The number of sulfone groups is 1. The average Bonchev–Trinajstić information content (AvgIpc) is 3.95. The number of likely N-dealkylation sites (tertiary alicyclic amines) is 2. The maximum Gasteiger partial charge on any atom is 0.416 e. The number of hydrogen-bond donors (Lipinski definition) is 1. The quantitative estimate of drug-likeness (QED) is 0.120. The lowest BCUT2D eigenvalue weighted by molar-refractivity contribution is -0.159. The summed E-state index contributed by atoms with van der Waals surface area (Å²) in [5.74, 6) is -0.314. The van der Waals surface area contributed by atoms with E-state index in [1.807, 2.05) is 0 Å². The van der Waals surface area contributed by atoms with Gasteiger partial charge in [-0.2, -0.15) is 26.3 Å². The van der Waals surface area contributed by atoms with E-state index >= 15 is 0 Å². The molecule has 16 heteroatoms. The van der Waals surface area contributed by atoms with Gasteiger partial charge in [-0.25, -0.2) is 17.8 Å². The summed E-state index contributed by atoms with van der Waals surface area (Å²) in [6.07, 6.45) is -10.0. The molecule has 0 bridgehead atoms. The molecule has 8 nitrogen and oxygen atoms in total. The Morgan fingerprint density at radius 3 is 2.25 bits per heavy atom. The second kappa shape index (κ2) is 15.8. The highest BCUT2D eigenvalue weighted by Crippen LogP contribution is 2.49. The minimum absolute atomic E-state index is 0.0352. The number of nitrogens with one attached hydrogen (secondary N) is 1. The first-order chi connectivity index (χ1) is 26.6. The van der Waals surface area contributed by atoms with Crippen LogP contribution in [0.2, 0.25) is 0 Å². The number of nitrogens with zero attached hydrogens (tertiary/aromatic N) is 3. The van der Waals surface area contributed by atoms with E-state index in [-0.39, 0.29) is 56.7 Å². The van der Waals surface area contributed by atoms with Crippen molar-refractivity contribution < 1.29 is 48.6 Å². The predicted molar refractivity (Wildman–Crippen MR) is 196 cm³/mol. The first kappa shape index (κ1) is 40.4. The predicted octanol–water partition coefficient (Wildman–Crippen LogP) is 8.41. The number of halogens is 7. The summed E-state index contributed by atoms with van der Waals surface area (Å²) in [6.45, 7) is 4.08. The van der Waals surface area contributed by atoms with Crippen molar-refractivity contribution >= 4 is 20.7 Å². The lowest BCUT2D eigenvalue weighted by atomic mass is 9.92. The molecule has 3 aliphatic heterocycles. The molecule has 0 radical (unpaired) electrons. The monoisotopic (exact) mass is 808 g/mol. The zero-order valence-corrected chi connectivity index (χ0v) is 31.7. The first-order valence-electron chi connectivity index (χ1n) is 18.7.